The molecule has 1 N–H and O–H groups in total. The largest absolute Gasteiger partial charge is 0.497 e. The van der Waals surface area contributed by atoms with Crippen LogP contribution in [-0.4, -0.2) is 62.7 Å². The molecule has 1 saturated heterocycles. The first-order valence-electron chi connectivity index (χ1n) is 8.95. The van der Waals surface area contributed by atoms with Crippen LogP contribution in [0.15, 0.2) is 34.6 Å². The molecule has 0 unspecified atom stereocenters. The highest BCUT2D eigenvalue weighted by molar-refractivity contribution is 14.0. The van der Waals surface area contributed by atoms with Crippen LogP contribution in [0.3, 0.4) is 0 Å². The number of nitrogens with one attached hydrogen (secondary N) is 1. The number of hydrogen-bond acceptors (Lipinski definition) is 5. The number of guanidine groups is 1. The van der Waals surface area contributed by atoms with E-state index in [4.69, 9.17) is 4.74 Å². The maximum atomic E-state index is 5.24. The average molecular weight is 501 g/mol. The highest BCUT2D eigenvalue weighted by Crippen LogP contribution is 2.20. The summed E-state index contributed by atoms with van der Waals surface area (Å²) in [5.41, 5.74) is 2.40. The van der Waals surface area contributed by atoms with E-state index in [1.165, 1.54) is 5.69 Å². The Bertz CT molecular complexity index is 726. The van der Waals surface area contributed by atoms with Crippen molar-refractivity contribution < 1.29 is 4.74 Å². The minimum Gasteiger partial charge on any atom is -0.497 e. The number of piperazine rings is 1. The highest BCUT2D eigenvalue weighted by atomic mass is 127. The molecule has 27 heavy (non-hydrogen) atoms. The number of ether oxygens (including phenoxy) is 1. The van der Waals surface area contributed by atoms with Crippen molar-refractivity contribution in [1.82, 2.24) is 15.2 Å². The first-order chi connectivity index (χ1) is 12.7. The van der Waals surface area contributed by atoms with E-state index in [0.29, 0.717) is 0 Å². The fourth-order valence-corrected chi connectivity index (χ4v) is 3.77. The highest BCUT2D eigenvalue weighted by Gasteiger charge is 2.19. The molecule has 3 rings (SSSR count). The third-order valence-electron chi connectivity index (χ3n) is 4.56. The second-order valence-electron chi connectivity index (χ2n) is 6.25. The Balaban J connectivity index is 0.00000261. The molecule has 0 bridgehead atoms. The number of anilines is 1. The third-order valence-corrected chi connectivity index (χ3v) is 5.38. The van der Waals surface area contributed by atoms with E-state index in [9.17, 15) is 0 Å². The summed E-state index contributed by atoms with van der Waals surface area (Å²) in [7, 11) is 3.55. The molecule has 0 saturated carbocycles. The monoisotopic (exact) mass is 501 g/mol. The van der Waals surface area contributed by atoms with Gasteiger partial charge in [-0.25, -0.2) is 4.98 Å². The van der Waals surface area contributed by atoms with Crippen LogP contribution in [-0.2, 0) is 6.42 Å². The predicted octanol–water partition coefficient (Wildman–Crippen LogP) is 3.02. The zero-order valence-electron chi connectivity index (χ0n) is 16.1. The lowest BCUT2D eigenvalue weighted by atomic mass is 10.2. The van der Waals surface area contributed by atoms with Crippen molar-refractivity contribution in [3.8, 4) is 5.75 Å². The molecule has 0 radical (unpaired) electrons. The summed E-state index contributed by atoms with van der Waals surface area (Å²) in [4.78, 5) is 13.7. The zero-order valence-corrected chi connectivity index (χ0v) is 19.3. The lowest BCUT2D eigenvalue weighted by Crippen LogP contribution is -2.52. The van der Waals surface area contributed by atoms with Gasteiger partial charge in [-0.3, -0.25) is 4.99 Å². The molecule has 0 atom stereocenters. The van der Waals surface area contributed by atoms with Gasteiger partial charge in [-0.05, 0) is 31.2 Å². The van der Waals surface area contributed by atoms with Crippen LogP contribution in [0.2, 0.25) is 0 Å². The minimum absolute atomic E-state index is 0. The summed E-state index contributed by atoms with van der Waals surface area (Å²) >= 11 is 1.70. The summed E-state index contributed by atoms with van der Waals surface area (Å²) in [5, 5.41) is 6.73. The molecular weight excluding hydrogens is 473 g/mol. The molecule has 2 heterocycles. The smallest absolute Gasteiger partial charge is 0.193 e. The number of methoxy groups -OCH3 is 1. The van der Waals surface area contributed by atoms with Gasteiger partial charge in [0.25, 0.3) is 0 Å². The lowest BCUT2D eigenvalue weighted by molar-refractivity contribution is 0.372. The molecule has 0 spiro atoms. The first kappa shape index (κ1) is 21.7. The van der Waals surface area contributed by atoms with Gasteiger partial charge in [0.1, 0.15) is 5.75 Å². The van der Waals surface area contributed by atoms with Gasteiger partial charge in [0.05, 0.1) is 17.8 Å². The maximum absolute atomic E-state index is 5.24. The molecule has 1 aromatic carbocycles. The molecule has 1 aliphatic rings. The molecule has 0 amide bonds. The SMILES string of the molecule is CN=C(NCCc1csc(C)n1)N1CCN(c2ccc(OC)cc2)CC1.I. The van der Waals surface area contributed by atoms with Crippen LogP contribution in [0.4, 0.5) is 5.69 Å². The van der Waals surface area contributed by atoms with Crippen molar-refractivity contribution in [3.05, 3.63) is 40.3 Å². The Morgan fingerprint density at radius 3 is 2.48 bits per heavy atom. The van der Waals surface area contributed by atoms with E-state index >= 15 is 0 Å². The summed E-state index contributed by atoms with van der Waals surface area (Å²) < 4.78 is 5.24. The van der Waals surface area contributed by atoms with E-state index in [1.807, 2.05) is 26.1 Å². The second-order valence-corrected chi connectivity index (χ2v) is 7.32. The van der Waals surface area contributed by atoms with Crippen molar-refractivity contribution in [2.45, 2.75) is 13.3 Å². The van der Waals surface area contributed by atoms with Crippen molar-refractivity contribution in [3.63, 3.8) is 0 Å². The van der Waals surface area contributed by atoms with E-state index < -0.39 is 0 Å². The van der Waals surface area contributed by atoms with Crippen LogP contribution in [0.25, 0.3) is 0 Å². The Morgan fingerprint density at radius 2 is 1.93 bits per heavy atom. The normalized spacial score (nSPS) is 14.7. The van der Waals surface area contributed by atoms with Crippen molar-refractivity contribution >= 4 is 47.0 Å². The standard InChI is InChI=1S/C19H27N5OS.HI/c1-15-22-16(14-26-15)8-9-21-19(20-2)24-12-10-23(11-13-24)17-4-6-18(25-3)7-5-17;/h4-7,14H,8-13H2,1-3H3,(H,20,21);1H. The zero-order chi connectivity index (χ0) is 18.4. The van der Waals surface area contributed by atoms with Crippen molar-refractivity contribution in [2.75, 3.05) is 51.8 Å². The van der Waals surface area contributed by atoms with Gasteiger partial charge in [-0.2, -0.15) is 0 Å². The van der Waals surface area contributed by atoms with E-state index in [0.717, 1.165) is 61.6 Å². The Morgan fingerprint density at radius 1 is 1.22 bits per heavy atom. The van der Waals surface area contributed by atoms with Crippen LogP contribution in [0.1, 0.15) is 10.7 Å². The molecule has 1 aliphatic heterocycles. The number of hydrogen-bond donors (Lipinski definition) is 1. The number of aromatic nitrogens is 1. The summed E-state index contributed by atoms with van der Waals surface area (Å²) in [6.45, 7) is 6.79. The van der Waals surface area contributed by atoms with Gasteiger partial charge in [0, 0.05) is 57.3 Å². The fraction of sp³-hybridized carbons (Fsp3) is 0.474. The number of halogens is 1. The number of aryl methyl sites for hydroxylation is 1. The molecule has 6 nitrogen and oxygen atoms in total. The third kappa shape index (κ3) is 5.97. The summed E-state index contributed by atoms with van der Waals surface area (Å²) in [6.07, 6.45) is 0.926. The Labute approximate surface area is 182 Å². The number of rotatable bonds is 5. The van der Waals surface area contributed by atoms with Gasteiger partial charge in [0.2, 0.25) is 0 Å². The van der Waals surface area contributed by atoms with Crippen LogP contribution in [0.5, 0.6) is 5.75 Å². The molecular formula is C19H28IN5OS. The lowest BCUT2D eigenvalue weighted by Gasteiger charge is -2.37. The molecule has 1 fully saturated rings. The molecule has 2 aromatic rings. The molecule has 0 aliphatic carbocycles. The fourth-order valence-electron chi connectivity index (χ4n) is 3.13. The summed E-state index contributed by atoms with van der Waals surface area (Å²) in [5.74, 6) is 1.87. The van der Waals surface area contributed by atoms with Gasteiger partial charge in [-0.1, -0.05) is 0 Å². The number of thiazole rings is 1. The van der Waals surface area contributed by atoms with Gasteiger partial charge >= 0.3 is 0 Å². The van der Waals surface area contributed by atoms with E-state index in [2.05, 4.69) is 42.6 Å². The number of aliphatic imine (C=N–C) groups is 1. The predicted molar refractivity (Wildman–Crippen MR) is 124 cm³/mol. The van der Waals surface area contributed by atoms with Crippen LogP contribution in [0, 0.1) is 6.92 Å². The number of nitrogens with zero attached hydrogens (tertiary/aromatic N) is 4. The van der Waals surface area contributed by atoms with Gasteiger partial charge < -0.3 is 19.9 Å². The van der Waals surface area contributed by atoms with Crippen molar-refractivity contribution in [2.24, 2.45) is 4.99 Å². The van der Waals surface area contributed by atoms with Crippen LogP contribution >= 0.6 is 35.3 Å². The quantitative estimate of drug-likeness (QED) is 0.388. The molecule has 1 aromatic heterocycles. The minimum atomic E-state index is 0. The van der Waals surface area contributed by atoms with E-state index in [1.54, 1.807) is 18.4 Å². The second kappa shape index (κ2) is 10.7. The van der Waals surface area contributed by atoms with Gasteiger partial charge in [-0.15, -0.1) is 35.3 Å². The Hall–Kier alpha value is -1.55. The Kier molecular flexibility index (Phi) is 8.62. The van der Waals surface area contributed by atoms with Gasteiger partial charge in [0.15, 0.2) is 5.96 Å². The molecule has 8 heteroatoms. The first-order valence-corrected chi connectivity index (χ1v) is 9.83. The molecule has 148 valence electrons. The summed E-state index contributed by atoms with van der Waals surface area (Å²) in [6, 6.07) is 8.28. The van der Waals surface area contributed by atoms with Crippen molar-refractivity contribution in [1.29, 1.82) is 0 Å². The van der Waals surface area contributed by atoms with E-state index in [-0.39, 0.29) is 24.0 Å². The van der Waals surface area contributed by atoms with Crippen LogP contribution < -0.4 is 15.0 Å². The average Bonchev–Trinajstić information content (AvgIpc) is 3.11. The number of benzene rings is 1. The maximum Gasteiger partial charge on any atom is 0.193 e. The topological polar surface area (TPSA) is 53.0 Å².